The summed E-state index contributed by atoms with van der Waals surface area (Å²) in [5, 5.41) is 3.58. The summed E-state index contributed by atoms with van der Waals surface area (Å²) in [7, 11) is 4.25. The molecule has 1 heterocycles. The normalized spacial score (nSPS) is 13.3. The topological polar surface area (TPSA) is 15.3 Å². The minimum absolute atomic E-state index is 0.584. The average Bonchev–Trinajstić information content (AvgIpc) is 2.58. The highest BCUT2D eigenvalue weighted by Gasteiger charge is 2.04. The Morgan fingerprint density at radius 1 is 1.38 bits per heavy atom. The minimum Gasteiger partial charge on any atom is -0.314 e. The molecule has 1 unspecified atom stereocenters. The third-order valence-corrected chi connectivity index (χ3v) is 3.60. The molecule has 0 bridgehead atoms. The van der Waals surface area contributed by atoms with Crippen LogP contribution in [0.1, 0.15) is 23.1 Å². The van der Waals surface area contributed by atoms with Gasteiger partial charge in [-0.05, 0) is 66.0 Å². The van der Waals surface area contributed by atoms with E-state index in [2.05, 4.69) is 50.3 Å². The molecule has 0 radical (unpaired) electrons. The zero-order valence-corrected chi connectivity index (χ0v) is 11.7. The molecule has 0 aliphatic heterocycles. The second-order valence-corrected chi connectivity index (χ2v) is 6.10. The van der Waals surface area contributed by atoms with Gasteiger partial charge in [0.15, 0.2) is 0 Å². The number of nitrogens with one attached hydrogen (secondary N) is 1. The van der Waals surface area contributed by atoms with Gasteiger partial charge in [-0.3, -0.25) is 0 Å². The summed E-state index contributed by atoms with van der Waals surface area (Å²) in [6.45, 7) is 6.72. The molecule has 16 heavy (non-hydrogen) atoms. The lowest BCUT2D eigenvalue weighted by atomic mass is 10.2. The predicted octanol–water partition coefficient (Wildman–Crippen LogP) is 2.53. The number of hydrogen-bond acceptors (Lipinski definition) is 3. The Hall–Kier alpha value is -0.380. The number of aryl methyl sites for hydroxylation is 1. The third kappa shape index (κ3) is 5.64. The molecule has 0 aromatic carbocycles. The van der Waals surface area contributed by atoms with Crippen LogP contribution in [-0.2, 0) is 6.42 Å². The van der Waals surface area contributed by atoms with Crippen molar-refractivity contribution >= 4 is 11.3 Å². The number of hydrogen-bond donors (Lipinski definition) is 1. The molecule has 92 valence electrons. The van der Waals surface area contributed by atoms with Crippen molar-refractivity contribution < 1.29 is 0 Å². The van der Waals surface area contributed by atoms with Gasteiger partial charge in [-0.2, -0.15) is 0 Å². The molecule has 0 saturated heterocycles. The Kier molecular flexibility index (Phi) is 6.03. The second-order valence-electron chi connectivity index (χ2n) is 4.73. The van der Waals surface area contributed by atoms with Gasteiger partial charge in [-0.1, -0.05) is 0 Å². The summed E-state index contributed by atoms with van der Waals surface area (Å²) in [5.74, 6) is 0. The SMILES string of the molecule is Cc1ccc(CC(C)NCCCN(C)C)s1. The molecule has 1 atom stereocenters. The van der Waals surface area contributed by atoms with Crippen molar-refractivity contribution in [3.05, 3.63) is 21.9 Å². The zero-order chi connectivity index (χ0) is 12.0. The maximum Gasteiger partial charge on any atom is 0.00870 e. The van der Waals surface area contributed by atoms with E-state index in [0.717, 1.165) is 19.5 Å². The first-order valence-electron chi connectivity index (χ1n) is 6.01. The Morgan fingerprint density at radius 3 is 2.69 bits per heavy atom. The highest BCUT2D eigenvalue weighted by Crippen LogP contribution is 2.16. The molecular weight excluding hydrogens is 216 g/mol. The van der Waals surface area contributed by atoms with Gasteiger partial charge in [0.2, 0.25) is 0 Å². The van der Waals surface area contributed by atoms with E-state index >= 15 is 0 Å². The van der Waals surface area contributed by atoms with E-state index in [-0.39, 0.29) is 0 Å². The maximum absolute atomic E-state index is 3.58. The highest BCUT2D eigenvalue weighted by molar-refractivity contribution is 7.11. The summed E-state index contributed by atoms with van der Waals surface area (Å²) in [5.41, 5.74) is 0. The molecule has 0 fully saturated rings. The van der Waals surface area contributed by atoms with Crippen LogP contribution in [0.4, 0.5) is 0 Å². The Bertz CT molecular complexity index is 294. The maximum atomic E-state index is 3.58. The van der Waals surface area contributed by atoms with Crippen molar-refractivity contribution in [2.75, 3.05) is 27.2 Å². The van der Waals surface area contributed by atoms with Crippen LogP contribution in [0.15, 0.2) is 12.1 Å². The summed E-state index contributed by atoms with van der Waals surface area (Å²) in [4.78, 5) is 5.13. The lowest BCUT2D eigenvalue weighted by Crippen LogP contribution is -2.30. The Morgan fingerprint density at radius 2 is 2.12 bits per heavy atom. The van der Waals surface area contributed by atoms with Crippen LogP contribution in [0.2, 0.25) is 0 Å². The molecule has 1 aromatic rings. The van der Waals surface area contributed by atoms with E-state index in [1.807, 2.05) is 11.3 Å². The number of thiophene rings is 1. The van der Waals surface area contributed by atoms with Gasteiger partial charge in [-0.15, -0.1) is 11.3 Å². The molecule has 0 aliphatic carbocycles. The molecule has 1 aromatic heterocycles. The largest absolute Gasteiger partial charge is 0.314 e. The van der Waals surface area contributed by atoms with Crippen LogP contribution in [0.5, 0.6) is 0 Å². The first kappa shape index (κ1) is 13.7. The van der Waals surface area contributed by atoms with Gasteiger partial charge in [0.1, 0.15) is 0 Å². The molecule has 0 amide bonds. The van der Waals surface area contributed by atoms with E-state index in [4.69, 9.17) is 0 Å². The monoisotopic (exact) mass is 240 g/mol. The smallest absolute Gasteiger partial charge is 0.00870 e. The van der Waals surface area contributed by atoms with Gasteiger partial charge < -0.3 is 10.2 Å². The van der Waals surface area contributed by atoms with E-state index in [1.165, 1.54) is 16.2 Å². The van der Waals surface area contributed by atoms with Crippen molar-refractivity contribution in [2.45, 2.75) is 32.7 Å². The molecule has 1 N–H and O–H groups in total. The Balaban J connectivity index is 2.13. The van der Waals surface area contributed by atoms with Gasteiger partial charge in [0.25, 0.3) is 0 Å². The number of rotatable bonds is 7. The molecular formula is C13H24N2S. The van der Waals surface area contributed by atoms with Gasteiger partial charge in [0.05, 0.1) is 0 Å². The van der Waals surface area contributed by atoms with Gasteiger partial charge >= 0.3 is 0 Å². The lowest BCUT2D eigenvalue weighted by molar-refractivity contribution is 0.388. The van der Waals surface area contributed by atoms with E-state index in [1.54, 1.807) is 0 Å². The second kappa shape index (κ2) is 7.05. The molecule has 3 heteroatoms. The summed E-state index contributed by atoms with van der Waals surface area (Å²) in [6.07, 6.45) is 2.38. The summed E-state index contributed by atoms with van der Waals surface area (Å²) in [6, 6.07) is 5.04. The van der Waals surface area contributed by atoms with Gasteiger partial charge in [-0.25, -0.2) is 0 Å². The summed E-state index contributed by atoms with van der Waals surface area (Å²) < 4.78 is 0. The van der Waals surface area contributed by atoms with E-state index < -0.39 is 0 Å². The van der Waals surface area contributed by atoms with Crippen molar-refractivity contribution in [3.8, 4) is 0 Å². The summed E-state index contributed by atoms with van der Waals surface area (Å²) >= 11 is 1.91. The van der Waals surface area contributed by atoms with E-state index in [0.29, 0.717) is 6.04 Å². The molecule has 0 saturated carbocycles. The first-order chi connectivity index (χ1) is 7.58. The number of nitrogens with zero attached hydrogens (tertiary/aromatic N) is 1. The van der Waals surface area contributed by atoms with Crippen molar-refractivity contribution in [1.82, 2.24) is 10.2 Å². The van der Waals surface area contributed by atoms with Crippen molar-refractivity contribution in [3.63, 3.8) is 0 Å². The van der Waals surface area contributed by atoms with Gasteiger partial charge in [0, 0.05) is 15.8 Å². The molecule has 0 spiro atoms. The zero-order valence-electron chi connectivity index (χ0n) is 10.9. The fraction of sp³-hybridized carbons (Fsp3) is 0.692. The highest BCUT2D eigenvalue weighted by atomic mass is 32.1. The fourth-order valence-electron chi connectivity index (χ4n) is 1.71. The molecule has 0 aliphatic rings. The standard InChI is InChI=1S/C13H24N2S/c1-11(14-8-5-9-15(3)4)10-13-7-6-12(2)16-13/h6-7,11,14H,5,8-10H2,1-4H3. The molecule has 2 nitrogen and oxygen atoms in total. The quantitative estimate of drug-likeness (QED) is 0.737. The first-order valence-corrected chi connectivity index (χ1v) is 6.83. The fourth-order valence-corrected chi connectivity index (χ4v) is 2.73. The van der Waals surface area contributed by atoms with Crippen LogP contribution >= 0.6 is 11.3 Å². The predicted molar refractivity (Wildman–Crippen MR) is 73.4 cm³/mol. The Labute approximate surface area is 104 Å². The minimum atomic E-state index is 0.584. The average molecular weight is 240 g/mol. The van der Waals surface area contributed by atoms with Crippen LogP contribution in [-0.4, -0.2) is 38.1 Å². The van der Waals surface area contributed by atoms with Crippen LogP contribution < -0.4 is 5.32 Å². The van der Waals surface area contributed by atoms with E-state index in [9.17, 15) is 0 Å². The lowest BCUT2D eigenvalue weighted by Gasteiger charge is -2.14. The third-order valence-electron chi connectivity index (χ3n) is 2.58. The molecule has 1 rings (SSSR count). The van der Waals surface area contributed by atoms with Crippen molar-refractivity contribution in [2.24, 2.45) is 0 Å². The van der Waals surface area contributed by atoms with Crippen LogP contribution in [0.3, 0.4) is 0 Å². The van der Waals surface area contributed by atoms with Crippen LogP contribution in [0, 0.1) is 6.92 Å². The van der Waals surface area contributed by atoms with Crippen LogP contribution in [0.25, 0.3) is 0 Å². The van der Waals surface area contributed by atoms with Crippen molar-refractivity contribution in [1.29, 1.82) is 0 Å².